The molecule has 5 amide bonds. The third-order valence-electron chi connectivity index (χ3n) is 16.6. The molecule has 0 bridgehead atoms. The average molecular weight is 1030 g/mol. The molecule has 0 radical (unpaired) electrons. The highest BCUT2D eigenvalue weighted by molar-refractivity contribution is 5.98. The number of H-pyrrole nitrogens is 1. The summed E-state index contributed by atoms with van der Waals surface area (Å²) in [5, 5.41) is 14.3. The Morgan fingerprint density at radius 3 is 2.08 bits per heavy atom. The molecule has 4 aliphatic heterocycles. The van der Waals surface area contributed by atoms with Crippen molar-refractivity contribution in [2.45, 2.75) is 120 Å². The number of carbonyl (C=O) groups is 5. The Balaban J connectivity index is 0.661. The topological polar surface area (TPSA) is 181 Å². The van der Waals surface area contributed by atoms with E-state index in [-0.39, 0.29) is 78.1 Å². The summed E-state index contributed by atoms with van der Waals surface area (Å²) >= 11 is 0. The van der Waals surface area contributed by atoms with Crippen LogP contribution in [0, 0.1) is 17.6 Å². The molecule has 2 atom stereocenters. The van der Waals surface area contributed by atoms with Crippen molar-refractivity contribution in [3.63, 3.8) is 0 Å². The molecule has 2 aliphatic carbocycles. The molecule has 1 aromatic heterocycles. The van der Waals surface area contributed by atoms with E-state index in [0.29, 0.717) is 106 Å². The molecule has 75 heavy (non-hydrogen) atoms. The van der Waals surface area contributed by atoms with Crippen molar-refractivity contribution in [1.82, 2.24) is 45.3 Å². The molecule has 16 nitrogen and oxygen atoms in total. The van der Waals surface area contributed by atoms with Crippen molar-refractivity contribution >= 4 is 40.3 Å². The van der Waals surface area contributed by atoms with Gasteiger partial charge in [0.15, 0.2) is 0 Å². The maximum Gasteiger partial charge on any atom is 0.272 e. The van der Waals surface area contributed by atoms with Crippen LogP contribution in [0.1, 0.15) is 127 Å². The quantitative estimate of drug-likeness (QED) is 0.140. The molecule has 10 rings (SSSR count). The number of aromatic nitrogens is 2. The smallest absolute Gasteiger partial charge is 0.272 e. The van der Waals surface area contributed by atoms with Crippen molar-refractivity contribution in [2.75, 3.05) is 78.5 Å². The third kappa shape index (κ3) is 12.8. The van der Waals surface area contributed by atoms with Gasteiger partial charge in [-0.15, -0.1) is 0 Å². The minimum Gasteiger partial charge on any atom is -0.375 e. The maximum absolute atomic E-state index is 15.5. The van der Waals surface area contributed by atoms with Gasteiger partial charge in [0.25, 0.3) is 17.4 Å². The number of fused-ring (bicyclic) bond motifs is 1. The highest BCUT2D eigenvalue weighted by atomic mass is 19.1. The van der Waals surface area contributed by atoms with Crippen LogP contribution in [0.5, 0.6) is 0 Å². The summed E-state index contributed by atoms with van der Waals surface area (Å²) in [4.78, 5) is 89.9. The van der Waals surface area contributed by atoms with Crippen molar-refractivity contribution < 1.29 is 37.5 Å². The van der Waals surface area contributed by atoms with E-state index >= 15 is 8.78 Å². The maximum atomic E-state index is 15.5. The molecule has 4 aromatic rings. The second kappa shape index (κ2) is 23.8. The number of benzene rings is 3. The van der Waals surface area contributed by atoms with Crippen LogP contribution in [0.15, 0.2) is 65.5 Å². The molecule has 2 unspecified atom stereocenters. The Labute approximate surface area is 436 Å². The molecule has 3 aromatic carbocycles. The van der Waals surface area contributed by atoms with Crippen LogP contribution in [0.4, 0.5) is 8.78 Å². The average Bonchev–Trinajstić information content (AvgIpc) is 4.29. The van der Waals surface area contributed by atoms with Crippen molar-refractivity contribution in [2.24, 2.45) is 5.92 Å². The van der Waals surface area contributed by atoms with Crippen LogP contribution < -0.4 is 16.2 Å². The fourth-order valence-electron chi connectivity index (χ4n) is 12.0. The zero-order valence-corrected chi connectivity index (χ0v) is 42.9. The van der Waals surface area contributed by atoms with Crippen LogP contribution in [0.3, 0.4) is 0 Å². The second-order valence-electron chi connectivity index (χ2n) is 21.8. The highest BCUT2D eigenvalue weighted by Gasteiger charge is 2.38. The number of rotatable bonds is 15. The van der Waals surface area contributed by atoms with E-state index in [1.807, 2.05) is 21.9 Å². The number of piperidine rings is 3. The van der Waals surface area contributed by atoms with Crippen LogP contribution in [-0.2, 0) is 25.5 Å². The first-order valence-corrected chi connectivity index (χ1v) is 27.5. The summed E-state index contributed by atoms with van der Waals surface area (Å²) < 4.78 is 37.2. The summed E-state index contributed by atoms with van der Waals surface area (Å²) in [6.45, 7) is 5.48. The number of carbonyl (C=O) groups excluding carboxylic acids is 5. The van der Waals surface area contributed by atoms with E-state index < -0.39 is 29.5 Å². The van der Waals surface area contributed by atoms with Crippen molar-refractivity contribution in [3.05, 3.63) is 111 Å². The SMILES string of the molecule is O=C(NC(C(=O)N1CCC(OC2CCN(CC(=O)N3CCN(C(=O)c4cc(Cc5n[nH]c(=O)c6ccccc56)ccc4F)CC3)CC2)CC1)C1CCCCC1)c1cc(C2CCCN(C(=O)CNC3CC3)C2)ccc1F. The number of nitrogens with one attached hydrogen (secondary N) is 3. The normalized spacial score (nSPS) is 21.1. The molecule has 5 heterocycles. The second-order valence-corrected chi connectivity index (χ2v) is 21.8. The molecular weight excluding hydrogens is 961 g/mol. The minimum atomic E-state index is -0.757. The predicted octanol–water partition coefficient (Wildman–Crippen LogP) is 5.39. The Kier molecular flexibility index (Phi) is 16.6. The van der Waals surface area contributed by atoms with Gasteiger partial charge >= 0.3 is 0 Å². The van der Waals surface area contributed by atoms with Gasteiger partial charge in [-0.05, 0) is 112 Å². The number of piperazine rings is 1. The first kappa shape index (κ1) is 52.3. The lowest BCUT2D eigenvalue weighted by molar-refractivity contribution is -0.140. The number of likely N-dealkylation sites (tertiary alicyclic amines) is 3. The molecule has 3 N–H and O–H groups in total. The molecule has 6 fully saturated rings. The van der Waals surface area contributed by atoms with E-state index in [2.05, 4.69) is 25.7 Å². The Hall–Kier alpha value is -6.11. The van der Waals surface area contributed by atoms with Gasteiger partial charge in [0.2, 0.25) is 17.7 Å². The van der Waals surface area contributed by atoms with E-state index in [4.69, 9.17) is 4.74 Å². The number of nitrogens with zero attached hydrogens (tertiary/aromatic N) is 6. The molecule has 2 saturated carbocycles. The zero-order chi connectivity index (χ0) is 52.0. The zero-order valence-electron chi connectivity index (χ0n) is 42.9. The summed E-state index contributed by atoms with van der Waals surface area (Å²) in [7, 11) is 0. The fourth-order valence-corrected chi connectivity index (χ4v) is 12.0. The summed E-state index contributed by atoms with van der Waals surface area (Å²) in [5.74, 6) is -2.37. The minimum absolute atomic E-state index is 0.00842. The van der Waals surface area contributed by atoms with Crippen LogP contribution in [0.2, 0.25) is 0 Å². The molecule has 6 aliphatic rings. The van der Waals surface area contributed by atoms with Crippen LogP contribution in [0.25, 0.3) is 10.8 Å². The van der Waals surface area contributed by atoms with Gasteiger partial charge in [-0.25, -0.2) is 13.9 Å². The molecular formula is C57H71F2N9O7. The lowest BCUT2D eigenvalue weighted by Gasteiger charge is -2.40. The number of hydrogen-bond acceptors (Lipinski definition) is 10. The molecule has 18 heteroatoms. The Morgan fingerprint density at radius 2 is 1.35 bits per heavy atom. The van der Waals surface area contributed by atoms with Gasteiger partial charge in [0.1, 0.15) is 17.7 Å². The largest absolute Gasteiger partial charge is 0.375 e. The van der Waals surface area contributed by atoms with Gasteiger partial charge in [0.05, 0.1) is 47.5 Å². The van der Waals surface area contributed by atoms with E-state index in [0.717, 1.165) is 76.2 Å². The summed E-state index contributed by atoms with van der Waals surface area (Å²) in [5.41, 5.74) is 1.72. The lowest BCUT2D eigenvalue weighted by Crippen LogP contribution is -2.55. The Morgan fingerprint density at radius 1 is 0.667 bits per heavy atom. The molecule has 400 valence electrons. The predicted molar refractivity (Wildman–Crippen MR) is 278 cm³/mol. The fraction of sp³-hybridized carbons (Fsp3) is 0.561. The highest BCUT2D eigenvalue weighted by Crippen LogP contribution is 2.32. The van der Waals surface area contributed by atoms with Gasteiger partial charge in [0, 0.05) is 89.2 Å². The summed E-state index contributed by atoms with van der Waals surface area (Å²) in [6.07, 6.45) is 11.8. The lowest BCUT2D eigenvalue weighted by atomic mass is 9.83. The monoisotopic (exact) mass is 1030 g/mol. The summed E-state index contributed by atoms with van der Waals surface area (Å²) in [6, 6.07) is 16.0. The van der Waals surface area contributed by atoms with Crippen molar-refractivity contribution in [3.8, 4) is 0 Å². The van der Waals surface area contributed by atoms with Crippen molar-refractivity contribution in [1.29, 1.82) is 0 Å². The number of amides is 5. The standard InChI is InChI=1S/C57H71F2N9O7/c58-48-17-13-39(40-9-6-22-68(35-40)51(69)34-60-41-14-15-41)33-46(48)54(71)61-53(38-7-2-1-3-8-38)57(74)66-25-20-43(21-26-66)75-42-18-23-64(24-19-42)36-52(70)65-27-29-67(30-28-65)56(73)47-31-37(12-16-49(47)59)32-50-44-10-4-5-11-45(44)55(72)63-62-50/h4-5,10-13,16-17,31,33,38,40-43,53,60H,1-3,6-9,14-15,18-30,32,34-36H2,(H,61,71)(H,63,72). The van der Waals surface area contributed by atoms with E-state index in [9.17, 15) is 28.8 Å². The Bertz CT molecular complexity index is 2780. The molecule has 0 spiro atoms. The number of aromatic amines is 1. The number of hydrogen-bond donors (Lipinski definition) is 3. The van der Waals surface area contributed by atoms with Crippen LogP contribution >= 0.6 is 0 Å². The number of halogens is 2. The van der Waals surface area contributed by atoms with E-state index in [1.54, 1.807) is 46.2 Å². The number of ether oxygens (including phenoxy) is 1. The first-order valence-electron chi connectivity index (χ1n) is 27.5. The van der Waals surface area contributed by atoms with Gasteiger partial charge in [-0.1, -0.05) is 49.6 Å². The third-order valence-corrected chi connectivity index (χ3v) is 16.6. The van der Waals surface area contributed by atoms with Crippen LogP contribution in [-0.4, -0.2) is 167 Å². The van der Waals surface area contributed by atoms with Gasteiger partial charge < -0.3 is 35.0 Å². The van der Waals surface area contributed by atoms with Gasteiger partial charge in [-0.2, -0.15) is 5.10 Å². The van der Waals surface area contributed by atoms with E-state index in [1.165, 1.54) is 12.1 Å². The first-order chi connectivity index (χ1) is 36.4. The van der Waals surface area contributed by atoms with Gasteiger partial charge in [-0.3, -0.25) is 33.7 Å². The molecule has 4 saturated heterocycles.